The van der Waals surface area contributed by atoms with Crippen molar-refractivity contribution in [1.82, 2.24) is 0 Å². The molecule has 0 N–H and O–H groups in total. The summed E-state index contributed by atoms with van der Waals surface area (Å²) in [6.07, 6.45) is 3.08. The number of rotatable bonds is 3. The minimum Gasteiger partial charge on any atom is -0.489 e. The molecule has 3 nitrogen and oxygen atoms in total. The third-order valence-corrected chi connectivity index (χ3v) is 6.17. The highest BCUT2D eigenvalue weighted by Crippen LogP contribution is 2.38. The summed E-state index contributed by atoms with van der Waals surface area (Å²) in [6, 6.07) is 2.65. The molecule has 118 valence electrons. The molecule has 1 aliphatic rings. The van der Waals surface area contributed by atoms with Crippen molar-refractivity contribution < 1.29 is 13.2 Å². The van der Waals surface area contributed by atoms with Gasteiger partial charge in [-0.3, -0.25) is 0 Å². The predicted octanol–water partition coefficient (Wildman–Crippen LogP) is 5.12. The number of halogens is 3. The lowest BCUT2D eigenvalue weighted by molar-refractivity contribution is 0.101. The van der Waals surface area contributed by atoms with Gasteiger partial charge in [0.05, 0.1) is 16.1 Å². The van der Waals surface area contributed by atoms with Gasteiger partial charge in [0.15, 0.2) is 0 Å². The van der Waals surface area contributed by atoms with Gasteiger partial charge in [0, 0.05) is 16.7 Å². The smallest absolute Gasteiger partial charge is 0.262 e. The van der Waals surface area contributed by atoms with E-state index in [1.54, 1.807) is 0 Å². The molecule has 7 heteroatoms. The number of ether oxygens (including phenoxy) is 1. The maximum absolute atomic E-state index is 11.4. The minimum absolute atomic E-state index is 0.0154. The molecule has 3 atom stereocenters. The molecular weight excluding hydrogens is 355 g/mol. The molecular formula is C14H17Cl3O3S. The lowest BCUT2D eigenvalue weighted by Gasteiger charge is -2.32. The van der Waals surface area contributed by atoms with Gasteiger partial charge in [0.1, 0.15) is 10.6 Å². The Hall–Kier alpha value is -0.160. The van der Waals surface area contributed by atoms with Crippen LogP contribution in [0.2, 0.25) is 10.0 Å². The number of hydrogen-bond donors (Lipinski definition) is 0. The van der Waals surface area contributed by atoms with Crippen LogP contribution in [0.3, 0.4) is 0 Å². The van der Waals surface area contributed by atoms with Crippen LogP contribution in [-0.4, -0.2) is 14.5 Å². The van der Waals surface area contributed by atoms with E-state index in [2.05, 4.69) is 13.8 Å². The molecule has 0 saturated heterocycles. The Morgan fingerprint density at radius 2 is 1.76 bits per heavy atom. The van der Waals surface area contributed by atoms with E-state index in [9.17, 15) is 8.42 Å². The van der Waals surface area contributed by atoms with Gasteiger partial charge in [-0.05, 0) is 37.2 Å². The van der Waals surface area contributed by atoms with Gasteiger partial charge in [-0.15, -0.1) is 0 Å². The van der Waals surface area contributed by atoms with Crippen molar-refractivity contribution in [2.75, 3.05) is 0 Å². The zero-order valence-electron chi connectivity index (χ0n) is 11.8. The molecule has 0 heterocycles. The Balaban J connectivity index is 2.20. The van der Waals surface area contributed by atoms with Crippen molar-refractivity contribution in [2.45, 2.75) is 44.1 Å². The topological polar surface area (TPSA) is 43.4 Å². The molecule has 1 aromatic rings. The van der Waals surface area contributed by atoms with E-state index in [1.807, 2.05) is 0 Å². The summed E-state index contributed by atoms with van der Waals surface area (Å²) >= 11 is 12.0. The van der Waals surface area contributed by atoms with Crippen LogP contribution in [-0.2, 0) is 9.05 Å². The third kappa shape index (κ3) is 4.19. The van der Waals surface area contributed by atoms with Crippen LogP contribution >= 0.6 is 33.9 Å². The molecule has 0 aliphatic heterocycles. The maximum atomic E-state index is 11.4. The Kier molecular flexibility index (Phi) is 5.35. The summed E-state index contributed by atoms with van der Waals surface area (Å²) in [4.78, 5) is -0.200. The standard InChI is InChI=1S/C14H17Cl3O3S/c1-8-3-4-10(5-9(8)2)20-13-6-12(16)14(7-11(13)15)21(17,18)19/h6-10H,3-5H2,1-2H3. The van der Waals surface area contributed by atoms with Gasteiger partial charge in [0.25, 0.3) is 9.05 Å². The second-order valence-corrected chi connectivity index (χ2v) is 9.01. The quantitative estimate of drug-likeness (QED) is 0.692. The van der Waals surface area contributed by atoms with Crippen molar-refractivity contribution in [3.63, 3.8) is 0 Å². The lowest BCUT2D eigenvalue weighted by Crippen LogP contribution is -2.28. The largest absolute Gasteiger partial charge is 0.489 e. The summed E-state index contributed by atoms with van der Waals surface area (Å²) in [6.45, 7) is 4.45. The molecule has 1 aromatic carbocycles. The molecule has 1 fully saturated rings. The Bertz CT molecular complexity index is 631. The fraction of sp³-hybridized carbons (Fsp3) is 0.571. The summed E-state index contributed by atoms with van der Waals surface area (Å²) in [7, 11) is 1.38. The van der Waals surface area contributed by atoms with Crippen molar-refractivity contribution in [1.29, 1.82) is 0 Å². The molecule has 1 saturated carbocycles. The number of hydrogen-bond acceptors (Lipinski definition) is 3. The molecule has 1 aliphatic carbocycles. The van der Waals surface area contributed by atoms with E-state index in [0.29, 0.717) is 17.6 Å². The van der Waals surface area contributed by atoms with Gasteiger partial charge in [-0.1, -0.05) is 37.0 Å². The average Bonchev–Trinajstić information content (AvgIpc) is 2.36. The second kappa shape index (κ2) is 6.53. The highest BCUT2D eigenvalue weighted by molar-refractivity contribution is 8.13. The summed E-state index contributed by atoms with van der Waals surface area (Å²) < 4.78 is 28.6. The zero-order valence-corrected chi connectivity index (χ0v) is 14.9. The highest BCUT2D eigenvalue weighted by Gasteiger charge is 2.27. The van der Waals surface area contributed by atoms with E-state index >= 15 is 0 Å². The van der Waals surface area contributed by atoms with E-state index in [1.165, 1.54) is 12.1 Å². The van der Waals surface area contributed by atoms with Crippen molar-refractivity contribution in [3.05, 3.63) is 22.2 Å². The summed E-state index contributed by atoms with van der Waals surface area (Å²) in [5, 5.41) is 0.214. The van der Waals surface area contributed by atoms with Crippen LogP contribution in [0.4, 0.5) is 0 Å². The monoisotopic (exact) mass is 370 g/mol. The number of benzene rings is 1. The lowest BCUT2D eigenvalue weighted by atomic mass is 9.80. The van der Waals surface area contributed by atoms with Crippen LogP contribution in [0.5, 0.6) is 5.75 Å². The van der Waals surface area contributed by atoms with Gasteiger partial charge >= 0.3 is 0 Å². The Morgan fingerprint density at radius 1 is 1.10 bits per heavy atom. The van der Waals surface area contributed by atoms with Gasteiger partial charge in [0.2, 0.25) is 0 Å². The van der Waals surface area contributed by atoms with Gasteiger partial charge < -0.3 is 4.74 Å². The molecule has 0 amide bonds. The first-order chi connectivity index (χ1) is 9.68. The first kappa shape index (κ1) is 17.2. The van der Waals surface area contributed by atoms with Gasteiger partial charge in [-0.25, -0.2) is 8.42 Å². The van der Waals surface area contributed by atoms with Gasteiger partial charge in [-0.2, -0.15) is 0 Å². The van der Waals surface area contributed by atoms with Crippen LogP contribution in [0.1, 0.15) is 33.1 Å². The van der Waals surface area contributed by atoms with Crippen LogP contribution in [0, 0.1) is 11.8 Å². The zero-order chi connectivity index (χ0) is 15.8. The minimum atomic E-state index is -3.92. The molecule has 3 unspecified atom stereocenters. The molecule has 0 aromatic heterocycles. The van der Waals surface area contributed by atoms with Crippen molar-refractivity contribution >= 4 is 42.9 Å². The summed E-state index contributed by atoms with van der Waals surface area (Å²) in [5.74, 6) is 1.67. The van der Waals surface area contributed by atoms with Crippen LogP contribution < -0.4 is 4.74 Å². The van der Waals surface area contributed by atoms with E-state index in [4.69, 9.17) is 38.6 Å². The second-order valence-electron chi connectivity index (χ2n) is 5.66. The summed E-state index contributed by atoms with van der Waals surface area (Å²) in [5.41, 5.74) is 0. The third-order valence-electron chi connectivity index (χ3n) is 4.09. The Morgan fingerprint density at radius 3 is 2.33 bits per heavy atom. The van der Waals surface area contributed by atoms with E-state index in [0.717, 1.165) is 19.3 Å². The fourth-order valence-corrected chi connectivity index (χ4v) is 4.36. The molecule has 0 spiro atoms. The van der Waals surface area contributed by atoms with Crippen LogP contribution in [0.15, 0.2) is 17.0 Å². The first-order valence-electron chi connectivity index (χ1n) is 6.79. The molecule has 2 rings (SSSR count). The first-order valence-corrected chi connectivity index (χ1v) is 9.85. The predicted molar refractivity (Wildman–Crippen MR) is 86.1 cm³/mol. The molecule has 21 heavy (non-hydrogen) atoms. The molecule has 0 radical (unpaired) electrons. The highest BCUT2D eigenvalue weighted by atomic mass is 35.7. The fourth-order valence-electron chi connectivity index (χ4n) is 2.57. The maximum Gasteiger partial charge on any atom is 0.262 e. The van der Waals surface area contributed by atoms with Crippen LogP contribution in [0.25, 0.3) is 0 Å². The molecule has 0 bridgehead atoms. The van der Waals surface area contributed by atoms with Crippen molar-refractivity contribution in [2.24, 2.45) is 11.8 Å². The SMILES string of the molecule is CC1CCC(Oc2cc(Cl)c(S(=O)(=O)Cl)cc2Cl)CC1C. The normalized spacial score (nSPS) is 26.6. The van der Waals surface area contributed by atoms with Crippen molar-refractivity contribution in [3.8, 4) is 5.75 Å². The van der Waals surface area contributed by atoms with E-state index in [-0.39, 0.29) is 21.0 Å². The van der Waals surface area contributed by atoms with E-state index < -0.39 is 9.05 Å². The average molecular weight is 372 g/mol. The Labute approximate surface area is 139 Å².